The smallest absolute Gasteiger partial charge is 0.179 e. The number of rotatable bonds is 1. The Bertz CT molecular complexity index is 776. The van der Waals surface area contributed by atoms with Crippen LogP contribution in [0.4, 0.5) is 0 Å². The van der Waals surface area contributed by atoms with Crippen LogP contribution in [0.2, 0.25) is 0 Å². The molecule has 0 aromatic carbocycles. The Kier molecular flexibility index (Phi) is 2.63. The minimum absolute atomic E-state index is 0.393. The quantitative estimate of drug-likeness (QED) is 0.674. The van der Waals surface area contributed by atoms with Crippen LogP contribution in [0.3, 0.4) is 0 Å². The molecule has 0 spiro atoms. The van der Waals surface area contributed by atoms with Crippen molar-refractivity contribution in [2.45, 2.75) is 25.7 Å². The number of aryl methyl sites for hydroxylation is 1. The Hall–Kier alpha value is -2.08. The molecule has 0 bridgehead atoms. The lowest BCUT2D eigenvalue weighted by Crippen LogP contribution is -2.16. The predicted octanol–water partition coefficient (Wildman–Crippen LogP) is 1.87. The first kappa shape index (κ1) is 11.7. The molecule has 1 saturated heterocycles. The molecule has 1 fully saturated rings. The third-order valence-electron chi connectivity index (χ3n) is 3.83. The average Bonchev–Trinajstić information content (AvgIpc) is 2.92. The number of fused-ring (bicyclic) bond motifs is 3. The van der Waals surface area contributed by atoms with Gasteiger partial charge in [0.05, 0.1) is 11.7 Å². The molecular weight excluding hydrogens is 254 g/mol. The van der Waals surface area contributed by atoms with Crippen molar-refractivity contribution in [3.05, 3.63) is 29.8 Å². The maximum atomic E-state index is 5.43. The Labute approximate surface area is 115 Å². The van der Waals surface area contributed by atoms with Gasteiger partial charge in [-0.15, -0.1) is 10.2 Å². The molecule has 4 heterocycles. The maximum Gasteiger partial charge on any atom is 0.179 e. The fraction of sp³-hybridized carbons (Fsp3) is 0.429. The van der Waals surface area contributed by atoms with Gasteiger partial charge in [-0.2, -0.15) is 0 Å². The van der Waals surface area contributed by atoms with Crippen LogP contribution in [0.25, 0.3) is 16.8 Å². The monoisotopic (exact) mass is 269 g/mol. The Morgan fingerprint density at radius 1 is 1.15 bits per heavy atom. The largest absolute Gasteiger partial charge is 0.381 e. The third kappa shape index (κ3) is 1.76. The number of ether oxygens (including phenoxy) is 1. The molecule has 0 unspecified atom stereocenters. The van der Waals surface area contributed by atoms with E-state index in [4.69, 9.17) is 4.74 Å². The van der Waals surface area contributed by atoms with Crippen molar-refractivity contribution < 1.29 is 4.74 Å². The van der Waals surface area contributed by atoms with Crippen LogP contribution in [0.5, 0.6) is 0 Å². The van der Waals surface area contributed by atoms with Crippen LogP contribution >= 0.6 is 0 Å². The molecule has 1 aliphatic heterocycles. The van der Waals surface area contributed by atoms with Gasteiger partial charge in [0, 0.05) is 25.3 Å². The molecule has 6 heteroatoms. The van der Waals surface area contributed by atoms with Crippen molar-refractivity contribution in [1.29, 1.82) is 0 Å². The number of hydrogen-bond acceptors (Lipinski definition) is 5. The molecular formula is C14H15N5O. The molecule has 102 valence electrons. The summed E-state index contributed by atoms with van der Waals surface area (Å²) in [5.41, 5.74) is 3.61. The van der Waals surface area contributed by atoms with E-state index in [1.165, 1.54) is 0 Å². The highest BCUT2D eigenvalue weighted by atomic mass is 16.5. The molecule has 0 radical (unpaired) electrons. The van der Waals surface area contributed by atoms with E-state index in [0.717, 1.165) is 54.3 Å². The van der Waals surface area contributed by atoms with E-state index in [-0.39, 0.29) is 0 Å². The highest BCUT2D eigenvalue weighted by molar-refractivity contribution is 5.74. The van der Waals surface area contributed by atoms with Crippen molar-refractivity contribution in [3.63, 3.8) is 0 Å². The van der Waals surface area contributed by atoms with Gasteiger partial charge in [-0.3, -0.25) is 4.40 Å². The van der Waals surface area contributed by atoms with Gasteiger partial charge in [-0.05, 0) is 31.4 Å². The molecule has 0 N–H and O–H groups in total. The molecule has 0 saturated carbocycles. The van der Waals surface area contributed by atoms with Gasteiger partial charge in [0.1, 0.15) is 5.82 Å². The summed E-state index contributed by atoms with van der Waals surface area (Å²) in [4.78, 5) is 8.73. The van der Waals surface area contributed by atoms with Crippen LogP contribution in [0, 0.1) is 6.92 Å². The minimum atomic E-state index is 0.393. The van der Waals surface area contributed by atoms with Crippen LogP contribution in [0.15, 0.2) is 18.5 Å². The zero-order valence-corrected chi connectivity index (χ0v) is 11.3. The molecule has 4 rings (SSSR count). The lowest BCUT2D eigenvalue weighted by Gasteiger charge is -2.20. The first-order valence-electron chi connectivity index (χ1n) is 6.87. The Balaban J connectivity index is 1.99. The van der Waals surface area contributed by atoms with Crippen molar-refractivity contribution in [1.82, 2.24) is 24.6 Å². The first-order valence-corrected chi connectivity index (χ1v) is 6.87. The number of hydrogen-bond donors (Lipinski definition) is 0. The van der Waals surface area contributed by atoms with Crippen molar-refractivity contribution >= 4 is 16.8 Å². The predicted molar refractivity (Wildman–Crippen MR) is 73.6 cm³/mol. The van der Waals surface area contributed by atoms with E-state index >= 15 is 0 Å². The van der Waals surface area contributed by atoms with E-state index in [1.807, 2.05) is 13.1 Å². The SMILES string of the molecule is Cc1cnc2ncc3nnc(C4CCOCC4)n3c2c1. The van der Waals surface area contributed by atoms with Gasteiger partial charge in [0.2, 0.25) is 0 Å². The van der Waals surface area contributed by atoms with Gasteiger partial charge in [0.15, 0.2) is 11.3 Å². The Morgan fingerprint density at radius 3 is 2.80 bits per heavy atom. The normalized spacial score (nSPS) is 17.1. The lowest BCUT2D eigenvalue weighted by molar-refractivity contribution is 0.0834. The maximum absolute atomic E-state index is 5.43. The van der Waals surface area contributed by atoms with E-state index in [2.05, 4.69) is 30.6 Å². The van der Waals surface area contributed by atoms with Crippen molar-refractivity contribution in [2.75, 3.05) is 13.2 Å². The second-order valence-corrected chi connectivity index (χ2v) is 5.25. The zero-order valence-electron chi connectivity index (χ0n) is 11.3. The van der Waals surface area contributed by atoms with E-state index in [9.17, 15) is 0 Å². The van der Waals surface area contributed by atoms with Crippen LogP contribution < -0.4 is 0 Å². The molecule has 0 atom stereocenters. The van der Waals surface area contributed by atoms with Gasteiger partial charge in [-0.25, -0.2) is 9.97 Å². The summed E-state index contributed by atoms with van der Waals surface area (Å²) >= 11 is 0. The van der Waals surface area contributed by atoms with Crippen LogP contribution in [-0.4, -0.2) is 37.8 Å². The van der Waals surface area contributed by atoms with Crippen LogP contribution in [0.1, 0.15) is 30.1 Å². The summed E-state index contributed by atoms with van der Waals surface area (Å²) in [6.07, 6.45) is 5.55. The Morgan fingerprint density at radius 2 is 1.95 bits per heavy atom. The summed E-state index contributed by atoms with van der Waals surface area (Å²) in [6, 6.07) is 2.09. The number of nitrogens with zero attached hydrogens (tertiary/aromatic N) is 5. The van der Waals surface area contributed by atoms with Gasteiger partial charge in [0.25, 0.3) is 0 Å². The van der Waals surface area contributed by atoms with Gasteiger partial charge in [-0.1, -0.05) is 0 Å². The zero-order chi connectivity index (χ0) is 13.5. The topological polar surface area (TPSA) is 65.2 Å². The molecule has 3 aromatic heterocycles. The summed E-state index contributed by atoms with van der Waals surface area (Å²) in [5.74, 6) is 1.40. The van der Waals surface area contributed by atoms with E-state index in [1.54, 1.807) is 6.20 Å². The number of aromatic nitrogens is 5. The molecule has 1 aliphatic rings. The average molecular weight is 269 g/mol. The van der Waals surface area contributed by atoms with Gasteiger partial charge >= 0.3 is 0 Å². The van der Waals surface area contributed by atoms with Gasteiger partial charge < -0.3 is 4.74 Å². The fourth-order valence-electron chi connectivity index (χ4n) is 2.79. The summed E-state index contributed by atoms with van der Waals surface area (Å²) in [7, 11) is 0. The fourth-order valence-corrected chi connectivity index (χ4v) is 2.79. The summed E-state index contributed by atoms with van der Waals surface area (Å²) in [5, 5.41) is 8.64. The summed E-state index contributed by atoms with van der Waals surface area (Å²) in [6.45, 7) is 3.61. The van der Waals surface area contributed by atoms with Crippen LogP contribution in [-0.2, 0) is 4.74 Å². The van der Waals surface area contributed by atoms with E-state index in [0.29, 0.717) is 5.92 Å². The van der Waals surface area contributed by atoms with Crippen molar-refractivity contribution in [2.24, 2.45) is 0 Å². The minimum Gasteiger partial charge on any atom is -0.381 e. The second kappa shape index (κ2) is 4.49. The van der Waals surface area contributed by atoms with E-state index < -0.39 is 0 Å². The first-order chi connectivity index (χ1) is 9.83. The standard InChI is InChI=1S/C14H15N5O/c1-9-6-11-13(15-7-9)16-8-12-17-18-14(19(11)12)10-2-4-20-5-3-10/h6-8,10H,2-5H2,1H3. The van der Waals surface area contributed by atoms with Crippen molar-refractivity contribution in [3.8, 4) is 0 Å². The number of pyridine rings is 1. The highest BCUT2D eigenvalue weighted by Crippen LogP contribution is 2.27. The highest BCUT2D eigenvalue weighted by Gasteiger charge is 2.22. The molecule has 0 aliphatic carbocycles. The summed E-state index contributed by atoms with van der Waals surface area (Å²) < 4.78 is 7.53. The molecule has 20 heavy (non-hydrogen) atoms. The third-order valence-corrected chi connectivity index (χ3v) is 3.83. The second-order valence-electron chi connectivity index (χ2n) is 5.25. The molecule has 3 aromatic rings. The molecule has 0 amide bonds. The molecule has 6 nitrogen and oxygen atoms in total. The lowest BCUT2D eigenvalue weighted by atomic mass is 9.99.